The first-order valence-electron chi connectivity index (χ1n) is 5.68. The molecule has 6 nitrogen and oxygen atoms in total. The number of fused-ring (bicyclic) bond motifs is 1. The van der Waals surface area contributed by atoms with Gasteiger partial charge in [0.2, 0.25) is 0 Å². The summed E-state index contributed by atoms with van der Waals surface area (Å²) in [5.74, 6) is -0.397. The van der Waals surface area contributed by atoms with Gasteiger partial charge < -0.3 is 19.6 Å². The van der Waals surface area contributed by atoms with Gasteiger partial charge in [0.25, 0.3) is 0 Å². The first-order valence-corrected chi connectivity index (χ1v) is 5.68. The third-order valence-electron chi connectivity index (χ3n) is 2.58. The van der Waals surface area contributed by atoms with E-state index < -0.39 is 5.76 Å². The van der Waals surface area contributed by atoms with Crippen LogP contribution in [0.4, 0.5) is 5.69 Å². The number of nitrogens with two attached hydrogens (primary N) is 1. The van der Waals surface area contributed by atoms with Crippen molar-refractivity contribution < 1.29 is 13.9 Å². The summed E-state index contributed by atoms with van der Waals surface area (Å²) in [4.78, 5) is 11.6. The Morgan fingerprint density at radius 3 is 2.94 bits per heavy atom. The number of nitrogen functional groups attached to an aromatic ring is 1. The van der Waals surface area contributed by atoms with Gasteiger partial charge in [-0.05, 0) is 12.1 Å². The minimum Gasteiger partial charge on any atom is -0.408 e. The number of hydrogen-bond donors (Lipinski definition) is 1. The van der Waals surface area contributed by atoms with Gasteiger partial charge in [0, 0.05) is 18.9 Å². The molecular weight excluding hydrogens is 236 g/mol. The predicted molar refractivity (Wildman–Crippen MR) is 67.6 cm³/mol. The lowest BCUT2D eigenvalue weighted by molar-refractivity contribution is 0.0663. The molecule has 2 rings (SSSR count). The fraction of sp³-hybridized carbons (Fsp3) is 0.417. The predicted octanol–water partition coefficient (Wildman–Crippen LogP) is 0.840. The molecule has 1 aromatic carbocycles. The van der Waals surface area contributed by atoms with Crippen LogP contribution in [0.2, 0.25) is 0 Å². The Bertz CT molecular complexity index is 573. The topological polar surface area (TPSA) is 79.6 Å². The van der Waals surface area contributed by atoms with Crippen LogP contribution >= 0.6 is 0 Å². The normalized spacial score (nSPS) is 11.2. The zero-order valence-electron chi connectivity index (χ0n) is 10.2. The molecule has 0 atom stereocenters. The first kappa shape index (κ1) is 12.7. The Labute approximate surface area is 104 Å². The van der Waals surface area contributed by atoms with Gasteiger partial charge in [-0.1, -0.05) is 0 Å². The van der Waals surface area contributed by atoms with Crippen molar-refractivity contribution in [1.82, 2.24) is 4.57 Å². The highest BCUT2D eigenvalue weighted by atomic mass is 16.5. The average Bonchev–Trinajstić information content (AvgIpc) is 2.64. The van der Waals surface area contributed by atoms with Crippen LogP contribution < -0.4 is 11.5 Å². The van der Waals surface area contributed by atoms with Gasteiger partial charge in [-0.2, -0.15) is 0 Å². The van der Waals surface area contributed by atoms with Crippen LogP contribution in [0.3, 0.4) is 0 Å². The minimum atomic E-state index is -0.397. The molecule has 6 heteroatoms. The third kappa shape index (κ3) is 2.72. The van der Waals surface area contributed by atoms with Crippen LogP contribution in [0.5, 0.6) is 0 Å². The van der Waals surface area contributed by atoms with E-state index in [1.165, 1.54) is 4.57 Å². The Kier molecular flexibility index (Phi) is 4.01. The smallest absolute Gasteiger partial charge is 0.408 e. The van der Waals surface area contributed by atoms with E-state index >= 15 is 0 Å². The molecule has 0 fully saturated rings. The van der Waals surface area contributed by atoms with Crippen molar-refractivity contribution in [3.05, 3.63) is 28.7 Å². The first-order chi connectivity index (χ1) is 8.72. The summed E-state index contributed by atoms with van der Waals surface area (Å²) in [6.07, 6.45) is 0. The van der Waals surface area contributed by atoms with Crippen molar-refractivity contribution in [2.45, 2.75) is 6.54 Å². The highest BCUT2D eigenvalue weighted by Crippen LogP contribution is 2.15. The van der Waals surface area contributed by atoms with E-state index in [0.29, 0.717) is 37.6 Å². The quantitative estimate of drug-likeness (QED) is 0.608. The van der Waals surface area contributed by atoms with Crippen LogP contribution in [0.15, 0.2) is 27.4 Å². The molecule has 0 bridgehead atoms. The molecule has 2 aromatic rings. The SMILES string of the molecule is COCCOCCn1c(=O)oc2cc(N)ccc21. The summed E-state index contributed by atoms with van der Waals surface area (Å²) in [7, 11) is 1.61. The molecule has 0 aliphatic heterocycles. The molecule has 2 N–H and O–H groups in total. The number of oxazole rings is 1. The van der Waals surface area contributed by atoms with E-state index in [2.05, 4.69) is 0 Å². The van der Waals surface area contributed by atoms with Crippen molar-refractivity contribution in [3.63, 3.8) is 0 Å². The van der Waals surface area contributed by atoms with E-state index in [4.69, 9.17) is 19.6 Å². The van der Waals surface area contributed by atoms with Crippen molar-refractivity contribution >= 4 is 16.8 Å². The molecule has 0 radical (unpaired) electrons. The number of benzene rings is 1. The van der Waals surface area contributed by atoms with E-state index in [0.717, 1.165) is 5.52 Å². The molecule has 0 saturated carbocycles. The summed E-state index contributed by atoms with van der Waals surface area (Å²) < 4.78 is 16.8. The standard InChI is InChI=1S/C12H16N2O4/c1-16-6-7-17-5-4-14-10-3-2-9(13)8-11(10)18-12(14)15/h2-3,8H,4-7,13H2,1H3. The number of anilines is 1. The van der Waals surface area contributed by atoms with Gasteiger partial charge in [0.05, 0.1) is 31.9 Å². The van der Waals surface area contributed by atoms with Crippen LogP contribution in [-0.4, -0.2) is 31.5 Å². The fourth-order valence-electron chi connectivity index (χ4n) is 1.69. The van der Waals surface area contributed by atoms with Gasteiger partial charge >= 0.3 is 5.76 Å². The van der Waals surface area contributed by atoms with Gasteiger partial charge in [0.15, 0.2) is 5.58 Å². The van der Waals surface area contributed by atoms with Gasteiger partial charge in [-0.15, -0.1) is 0 Å². The Morgan fingerprint density at radius 2 is 2.17 bits per heavy atom. The summed E-state index contributed by atoms with van der Waals surface area (Å²) in [6.45, 7) is 1.92. The number of nitrogens with zero attached hydrogens (tertiary/aromatic N) is 1. The van der Waals surface area contributed by atoms with Crippen LogP contribution in [-0.2, 0) is 16.0 Å². The largest absolute Gasteiger partial charge is 0.420 e. The second kappa shape index (κ2) is 5.70. The fourth-order valence-corrected chi connectivity index (χ4v) is 1.69. The van der Waals surface area contributed by atoms with Crippen molar-refractivity contribution in [2.75, 3.05) is 32.7 Å². The Hall–Kier alpha value is -1.79. The molecular formula is C12H16N2O4. The highest BCUT2D eigenvalue weighted by molar-refractivity contribution is 5.76. The second-order valence-electron chi connectivity index (χ2n) is 3.85. The zero-order chi connectivity index (χ0) is 13.0. The third-order valence-corrected chi connectivity index (χ3v) is 2.58. The van der Waals surface area contributed by atoms with Gasteiger partial charge in [-0.25, -0.2) is 4.79 Å². The van der Waals surface area contributed by atoms with Crippen molar-refractivity contribution in [1.29, 1.82) is 0 Å². The highest BCUT2D eigenvalue weighted by Gasteiger charge is 2.08. The number of aromatic nitrogens is 1. The lowest BCUT2D eigenvalue weighted by atomic mass is 10.3. The van der Waals surface area contributed by atoms with Crippen LogP contribution in [0.25, 0.3) is 11.1 Å². The maximum absolute atomic E-state index is 11.6. The van der Waals surface area contributed by atoms with Crippen molar-refractivity contribution in [2.24, 2.45) is 0 Å². The lowest BCUT2D eigenvalue weighted by Crippen LogP contribution is -2.18. The van der Waals surface area contributed by atoms with Crippen LogP contribution in [0, 0.1) is 0 Å². The summed E-state index contributed by atoms with van der Waals surface area (Å²) >= 11 is 0. The van der Waals surface area contributed by atoms with Crippen LogP contribution in [0.1, 0.15) is 0 Å². The Morgan fingerprint density at radius 1 is 1.33 bits per heavy atom. The van der Waals surface area contributed by atoms with E-state index in [-0.39, 0.29) is 0 Å². The molecule has 0 aliphatic carbocycles. The lowest BCUT2D eigenvalue weighted by Gasteiger charge is -2.04. The molecule has 0 unspecified atom stereocenters. The molecule has 98 valence electrons. The van der Waals surface area contributed by atoms with Gasteiger partial charge in [-0.3, -0.25) is 4.57 Å². The summed E-state index contributed by atoms with van der Waals surface area (Å²) in [6, 6.07) is 5.14. The van der Waals surface area contributed by atoms with Crippen molar-refractivity contribution in [3.8, 4) is 0 Å². The number of hydrogen-bond acceptors (Lipinski definition) is 5. The molecule has 0 aliphatic rings. The molecule has 0 saturated heterocycles. The Balaban J connectivity index is 2.08. The van der Waals surface area contributed by atoms with Gasteiger partial charge in [0.1, 0.15) is 0 Å². The maximum Gasteiger partial charge on any atom is 0.420 e. The monoisotopic (exact) mass is 252 g/mol. The number of ether oxygens (including phenoxy) is 2. The van der Waals surface area contributed by atoms with E-state index in [9.17, 15) is 4.79 Å². The molecule has 0 amide bonds. The second-order valence-corrected chi connectivity index (χ2v) is 3.85. The summed E-state index contributed by atoms with van der Waals surface area (Å²) in [5.41, 5.74) is 7.42. The number of rotatable bonds is 6. The minimum absolute atomic E-state index is 0.397. The summed E-state index contributed by atoms with van der Waals surface area (Å²) in [5, 5.41) is 0. The number of methoxy groups -OCH3 is 1. The van der Waals surface area contributed by atoms with E-state index in [1.54, 1.807) is 25.3 Å². The zero-order valence-corrected chi connectivity index (χ0v) is 10.2. The van der Waals surface area contributed by atoms with E-state index in [1.807, 2.05) is 0 Å². The molecule has 18 heavy (non-hydrogen) atoms. The molecule has 1 aromatic heterocycles. The average molecular weight is 252 g/mol. The molecule has 0 spiro atoms. The molecule has 1 heterocycles. The maximum atomic E-state index is 11.6.